The molecule has 3 heterocycles. The number of thiophene rings is 1. The first kappa shape index (κ1) is 31.6. The number of Topliss-reactive ketones (excluding diaryl/α,β-unsaturated/α-hetero) is 1. The first-order valence-corrected chi connectivity index (χ1v) is 16.1. The molecule has 2 aliphatic heterocycles. The summed E-state index contributed by atoms with van der Waals surface area (Å²) in [5.41, 5.74) is 0.984. The Morgan fingerprint density at radius 1 is 1.07 bits per heavy atom. The highest BCUT2D eigenvalue weighted by atomic mass is 32.1. The van der Waals surface area contributed by atoms with Gasteiger partial charge in [0, 0.05) is 45.6 Å². The third kappa shape index (κ3) is 6.80. The standard InChI is InChI=1S/C33H39FN4O5S/c1-20(39)36-9-11-37(12-10-36)31(41)29-17-25(19-44-29)22-5-6-23(27(34)16-22)13-21(18-35)14-28(40)30-24-7-8-26(15-24)38(30)32(42)43-33(2,3)4/h5-6,16-17,19,21,24,26,30H,7-15H2,1-4H3/t21-,24+,26-,30+/m1/s1. The van der Waals surface area contributed by atoms with Crippen LogP contribution >= 0.6 is 11.3 Å². The van der Waals surface area contributed by atoms with Gasteiger partial charge in [0.25, 0.3) is 5.91 Å². The lowest BCUT2D eigenvalue weighted by Gasteiger charge is -2.35. The number of halogens is 1. The van der Waals surface area contributed by atoms with E-state index in [4.69, 9.17) is 4.74 Å². The first-order valence-electron chi connectivity index (χ1n) is 15.2. The summed E-state index contributed by atoms with van der Waals surface area (Å²) >= 11 is 1.29. The van der Waals surface area contributed by atoms with Gasteiger partial charge in [-0.25, -0.2) is 9.18 Å². The molecule has 1 aromatic heterocycles. The molecule has 4 atom stereocenters. The van der Waals surface area contributed by atoms with Crippen LogP contribution in [0.2, 0.25) is 0 Å². The zero-order chi connectivity index (χ0) is 31.8. The van der Waals surface area contributed by atoms with Crippen molar-refractivity contribution in [1.82, 2.24) is 14.7 Å². The van der Waals surface area contributed by atoms with Gasteiger partial charge in [-0.15, -0.1) is 11.3 Å². The molecule has 11 heteroatoms. The molecule has 9 nitrogen and oxygen atoms in total. The Labute approximate surface area is 261 Å². The van der Waals surface area contributed by atoms with Crippen molar-refractivity contribution in [1.29, 1.82) is 5.26 Å². The molecule has 0 spiro atoms. The van der Waals surface area contributed by atoms with Crippen LogP contribution in [-0.4, -0.2) is 82.3 Å². The van der Waals surface area contributed by atoms with Crippen molar-refractivity contribution < 1.29 is 28.3 Å². The monoisotopic (exact) mass is 622 g/mol. The first-order chi connectivity index (χ1) is 20.8. The van der Waals surface area contributed by atoms with Crippen LogP contribution in [0.15, 0.2) is 29.6 Å². The van der Waals surface area contributed by atoms with Gasteiger partial charge in [0.2, 0.25) is 5.91 Å². The van der Waals surface area contributed by atoms with Gasteiger partial charge in [0.05, 0.1) is 22.9 Å². The lowest BCUT2D eigenvalue weighted by atomic mass is 9.87. The SMILES string of the molecule is CC(=O)N1CCN(C(=O)c2cc(-c3ccc(C[C@@H](C#N)CC(=O)[C@@H]4[C@H]5CC[C@H](C5)N4C(=O)OC(C)(C)C)c(F)c3)cs2)CC1. The third-order valence-corrected chi connectivity index (χ3v) is 9.74. The molecule has 234 valence electrons. The van der Waals surface area contributed by atoms with Gasteiger partial charge in [-0.3, -0.25) is 19.3 Å². The molecule has 44 heavy (non-hydrogen) atoms. The molecule has 0 radical (unpaired) electrons. The van der Waals surface area contributed by atoms with Crippen molar-refractivity contribution >= 4 is 35.0 Å². The average molecular weight is 623 g/mol. The highest BCUT2D eigenvalue weighted by Crippen LogP contribution is 2.44. The maximum atomic E-state index is 15.3. The van der Waals surface area contributed by atoms with E-state index in [2.05, 4.69) is 6.07 Å². The molecule has 1 saturated carbocycles. The molecule has 2 saturated heterocycles. The summed E-state index contributed by atoms with van der Waals surface area (Å²) in [6, 6.07) is 8.07. The van der Waals surface area contributed by atoms with E-state index in [1.165, 1.54) is 24.3 Å². The van der Waals surface area contributed by atoms with E-state index in [9.17, 15) is 24.4 Å². The largest absolute Gasteiger partial charge is 0.444 e. The normalized spacial score (nSPS) is 22.1. The predicted octanol–water partition coefficient (Wildman–Crippen LogP) is 5.29. The van der Waals surface area contributed by atoms with E-state index in [0.717, 1.165) is 24.8 Å². The van der Waals surface area contributed by atoms with Crippen LogP contribution in [0.25, 0.3) is 11.1 Å². The molecule has 3 aliphatic rings. The Kier molecular flexibility index (Phi) is 9.12. The van der Waals surface area contributed by atoms with Crippen molar-refractivity contribution in [3.05, 3.63) is 45.9 Å². The number of nitrogens with zero attached hydrogens (tertiary/aromatic N) is 4. The van der Waals surface area contributed by atoms with Gasteiger partial charge in [-0.1, -0.05) is 12.1 Å². The fourth-order valence-corrected chi connectivity index (χ4v) is 7.53. The summed E-state index contributed by atoms with van der Waals surface area (Å²) in [5, 5.41) is 11.7. The van der Waals surface area contributed by atoms with E-state index in [0.29, 0.717) is 42.2 Å². The maximum absolute atomic E-state index is 15.3. The second-order valence-corrected chi connectivity index (χ2v) is 14.0. The van der Waals surface area contributed by atoms with Crippen LogP contribution in [0.3, 0.4) is 0 Å². The minimum atomic E-state index is -0.740. The molecule has 3 amide bonds. The molecule has 0 unspecified atom stereocenters. The average Bonchev–Trinajstić information content (AvgIpc) is 3.73. The third-order valence-electron chi connectivity index (χ3n) is 8.82. The lowest BCUT2D eigenvalue weighted by molar-refractivity contribution is -0.130. The van der Waals surface area contributed by atoms with Gasteiger partial charge in [-0.2, -0.15) is 5.26 Å². The zero-order valence-corrected chi connectivity index (χ0v) is 26.5. The number of benzene rings is 1. The number of nitriles is 1. The second-order valence-electron chi connectivity index (χ2n) is 13.1. The van der Waals surface area contributed by atoms with Crippen molar-refractivity contribution in [2.75, 3.05) is 26.2 Å². The smallest absolute Gasteiger partial charge is 0.411 e. The minimum absolute atomic E-state index is 0.000802. The maximum Gasteiger partial charge on any atom is 0.411 e. The van der Waals surface area contributed by atoms with Gasteiger partial charge in [0.15, 0.2) is 5.78 Å². The number of piperidine rings is 1. The topological polar surface area (TPSA) is 111 Å². The molecule has 3 fully saturated rings. The fraction of sp³-hybridized carbons (Fsp3) is 0.545. The highest BCUT2D eigenvalue weighted by molar-refractivity contribution is 7.12. The molecule has 1 aromatic carbocycles. The number of piperazine rings is 1. The highest BCUT2D eigenvalue weighted by Gasteiger charge is 2.52. The molecule has 5 rings (SSSR count). The molecular weight excluding hydrogens is 583 g/mol. The zero-order valence-electron chi connectivity index (χ0n) is 25.7. The molecule has 1 aliphatic carbocycles. The van der Waals surface area contributed by atoms with Crippen LogP contribution < -0.4 is 0 Å². The number of likely N-dealkylation sites (tertiary alicyclic amines) is 1. The summed E-state index contributed by atoms with van der Waals surface area (Å²) < 4.78 is 20.9. The summed E-state index contributed by atoms with van der Waals surface area (Å²) in [5.74, 6) is -1.45. The minimum Gasteiger partial charge on any atom is -0.444 e. The Hall–Kier alpha value is -3.78. The van der Waals surface area contributed by atoms with Crippen LogP contribution in [0.5, 0.6) is 0 Å². The van der Waals surface area contributed by atoms with E-state index in [1.807, 2.05) is 5.38 Å². The number of ether oxygens (including phenoxy) is 1. The van der Waals surface area contributed by atoms with Crippen LogP contribution in [0.4, 0.5) is 9.18 Å². The van der Waals surface area contributed by atoms with Crippen molar-refractivity contribution in [2.24, 2.45) is 11.8 Å². The summed E-state index contributed by atoms with van der Waals surface area (Å²) in [6.07, 6.45) is 1.97. The van der Waals surface area contributed by atoms with E-state index < -0.39 is 29.5 Å². The summed E-state index contributed by atoms with van der Waals surface area (Å²) in [7, 11) is 0. The van der Waals surface area contributed by atoms with Crippen molar-refractivity contribution in [2.45, 2.75) is 77.5 Å². The number of amides is 3. The molecular formula is C33H39FN4O5S. The number of hydrogen-bond donors (Lipinski definition) is 0. The second kappa shape index (κ2) is 12.7. The summed E-state index contributed by atoms with van der Waals surface area (Å²) in [4.78, 5) is 56.6. The molecule has 2 bridgehead atoms. The number of ketones is 1. The van der Waals surface area contributed by atoms with Crippen LogP contribution in [0.1, 0.15) is 68.6 Å². The van der Waals surface area contributed by atoms with Gasteiger partial charge in [-0.05, 0) is 86.6 Å². The fourth-order valence-electron chi connectivity index (χ4n) is 6.65. The molecule has 0 N–H and O–H groups in total. The van der Waals surface area contributed by atoms with Crippen LogP contribution in [0, 0.1) is 29.0 Å². The Morgan fingerprint density at radius 2 is 1.77 bits per heavy atom. The Balaban J connectivity index is 1.22. The van der Waals surface area contributed by atoms with Crippen LogP contribution in [-0.2, 0) is 20.7 Å². The van der Waals surface area contributed by atoms with E-state index in [1.54, 1.807) is 53.7 Å². The van der Waals surface area contributed by atoms with Crippen molar-refractivity contribution in [3.63, 3.8) is 0 Å². The van der Waals surface area contributed by atoms with E-state index >= 15 is 4.39 Å². The van der Waals surface area contributed by atoms with Crippen molar-refractivity contribution in [3.8, 4) is 17.2 Å². The summed E-state index contributed by atoms with van der Waals surface area (Å²) in [6.45, 7) is 8.85. The number of carbonyl (C=O) groups excluding carboxylic acids is 4. The lowest BCUT2D eigenvalue weighted by Crippen LogP contribution is -2.51. The number of carbonyl (C=O) groups is 4. The van der Waals surface area contributed by atoms with E-state index in [-0.39, 0.29) is 42.4 Å². The molecule has 2 aromatic rings. The van der Waals surface area contributed by atoms with Gasteiger partial charge in [0.1, 0.15) is 11.4 Å². The predicted molar refractivity (Wildman–Crippen MR) is 163 cm³/mol. The number of fused-ring (bicyclic) bond motifs is 2. The quantitative estimate of drug-likeness (QED) is 0.415. The van der Waals surface area contributed by atoms with Gasteiger partial charge < -0.3 is 14.5 Å². The van der Waals surface area contributed by atoms with Gasteiger partial charge >= 0.3 is 6.09 Å². The Morgan fingerprint density at radius 3 is 2.41 bits per heavy atom. The number of hydrogen-bond acceptors (Lipinski definition) is 7. The number of rotatable bonds is 7. The Bertz CT molecular complexity index is 1490.